The van der Waals surface area contributed by atoms with Crippen LogP contribution in [0.5, 0.6) is 0 Å². The molecule has 0 radical (unpaired) electrons. The van der Waals surface area contributed by atoms with Crippen LogP contribution in [0.4, 0.5) is 17.6 Å². The van der Waals surface area contributed by atoms with Gasteiger partial charge in [0, 0.05) is 0 Å². The number of halogens is 4. The largest absolute Gasteiger partial charge is 1.00 e. The molecule has 2 atom stereocenters. The topological polar surface area (TPSA) is 127 Å². The summed E-state index contributed by atoms with van der Waals surface area (Å²) in [6, 6.07) is 0. The zero-order valence-corrected chi connectivity index (χ0v) is 17.5. The van der Waals surface area contributed by atoms with E-state index < -0.39 is 71.8 Å². The predicted octanol–water partition coefficient (Wildman–Crippen LogP) is -2.93. The number of hydroxylamine groups is 4. The Bertz CT molecular complexity index is 646. The van der Waals surface area contributed by atoms with Crippen molar-refractivity contribution in [2.75, 3.05) is 26.7 Å². The van der Waals surface area contributed by atoms with E-state index in [1.807, 2.05) is 0 Å². The molecule has 0 aromatic rings. The van der Waals surface area contributed by atoms with Crippen LogP contribution in [0.15, 0.2) is 0 Å². The van der Waals surface area contributed by atoms with Crippen molar-refractivity contribution in [1.82, 2.24) is 10.1 Å². The molecule has 2 rings (SSSR count). The van der Waals surface area contributed by atoms with Crippen molar-refractivity contribution in [3.05, 3.63) is 0 Å². The molecule has 0 saturated carbocycles. The van der Waals surface area contributed by atoms with Crippen LogP contribution < -0.4 is 29.6 Å². The summed E-state index contributed by atoms with van der Waals surface area (Å²) in [6.45, 7) is -2.13. The van der Waals surface area contributed by atoms with E-state index >= 15 is 0 Å². The minimum Gasteiger partial charge on any atom is -0.724 e. The Morgan fingerprint density at radius 2 is 1.37 bits per heavy atom. The number of hydrogen-bond donors (Lipinski definition) is 1. The summed E-state index contributed by atoms with van der Waals surface area (Å²) in [6.07, 6.45) is 0. The normalized spacial score (nSPS) is 25.6. The molecule has 0 spiro atoms. The monoisotopic (exact) mass is 432 g/mol. The number of nitrogens with zero attached hydrogens (tertiary/aromatic N) is 2. The Balaban J connectivity index is 0.000000504. The maximum absolute atomic E-state index is 12.5. The second kappa shape index (κ2) is 9.33. The summed E-state index contributed by atoms with van der Waals surface area (Å²) >= 11 is 0. The molecule has 27 heavy (non-hydrogen) atoms. The van der Waals surface area contributed by atoms with Gasteiger partial charge in [-0.25, -0.2) is 31.0 Å². The van der Waals surface area contributed by atoms with Crippen molar-refractivity contribution in [2.24, 2.45) is 11.8 Å². The molecule has 0 bridgehead atoms. The van der Waals surface area contributed by atoms with Crippen LogP contribution in [0.25, 0.3) is 0 Å². The van der Waals surface area contributed by atoms with Crippen molar-refractivity contribution in [1.29, 1.82) is 0 Å². The Hall–Kier alpha value is -0.510. The minimum atomic E-state index is -5.21. The zero-order valence-electron chi connectivity index (χ0n) is 14.7. The van der Waals surface area contributed by atoms with E-state index in [0.29, 0.717) is 0 Å². The van der Waals surface area contributed by atoms with E-state index in [1.165, 1.54) is 13.8 Å². The van der Waals surface area contributed by atoms with Crippen LogP contribution >= 0.6 is 0 Å². The first-order chi connectivity index (χ1) is 11.9. The summed E-state index contributed by atoms with van der Waals surface area (Å²) in [4.78, 5) is 21.7. The van der Waals surface area contributed by atoms with Gasteiger partial charge in [-0.2, -0.15) is 9.35 Å². The van der Waals surface area contributed by atoms with Gasteiger partial charge in [-0.15, -0.1) is 0 Å². The first kappa shape index (κ1) is 26.5. The molecule has 0 unspecified atom stereocenters. The quantitative estimate of drug-likeness (QED) is 0.119. The molecule has 2 heterocycles. The maximum Gasteiger partial charge on any atom is 1.00 e. The van der Waals surface area contributed by atoms with Crippen molar-refractivity contribution < 1.29 is 79.2 Å². The molecular formula is C12H17F4N2NaO7S. The zero-order chi connectivity index (χ0) is 20.5. The molecule has 2 saturated heterocycles. The van der Waals surface area contributed by atoms with Gasteiger partial charge in [-0.3, -0.25) is 14.8 Å². The average molecular weight is 432 g/mol. The van der Waals surface area contributed by atoms with Gasteiger partial charge in [0.1, 0.15) is 37.8 Å². The van der Waals surface area contributed by atoms with Gasteiger partial charge in [-0.05, 0) is 0 Å². The van der Waals surface area contributed by atoms with Crippen LogP contribution in [0, 0.1) is 11.8 Å². The van der Waals surface area contributed by atoms with Crippen LogP contribution in [-0.4, -0.2) is 77.9 Å². The van der Waals surface area contributed by atoms with Crippen LogP contribution in [-0.2, 0) is 24.3 Å². The minimum absolute atomic E-state index is 0. The standard InChI is InChI=1S/C6H9F2NO5S.C6H9F2NO2.Na/c1-4-5(10)9(14-15(11,12)13)6(4,2-7)3-8;1-4-5(10)9(11)6(4,2-7)3-8;/h4H,2-3H2,1H3,(H,11,12,13);4,11H,2-3H2,1H3;/q;;+1/p-1/t2*4-;/m11./s1. The van der Waals surface area contributed by atoms with Gasteiger partial charge in [0.15, 0.2) is 0 Å². The Morgan fingerprint density at radius 3 is 1.63 bits per heavy atom. The van der Waals surface area contributed by atoms with Gasteiger partial charge >= 0.3 is 29.6 Å². The average Bonchev–Trinajstić information content (AvgIpc) is 2.62. The fraction of sp³-hybridized carbons (Fsp3) is 0.833. The van der Waals surface area contributed by atoms with Crippen molar-refractivity contribution >= 4 is 22.2 Å². The third-order valence-electron chi connectivity index (χ3n) is 4.68. The smallest absolute Gasteiger partial charge is 0.724 e. The second-order valence-corrected chi connectivity index (χ2v) is 6.92. The second-order valence-electron chi connectivity index (χ2n) is 5.95. The number of alkyl halides is 4. The third kappa shape index (κ3) is 4.41. The number of carbonyl (C=O) groups is 2. The molecule has 2 fully saturated rings. The van der Waals surface area contributed by atoms with Crippen LogP contribution in [0.2, 0.25) is 0 Å². The van der Waals surface area contributed by atoms with Crippen LogP contribution in [0.1, 0.15) is 13.8 Å². The summed E-state index contributed by atoms with van der Waals surface area (Å²) in [5.41, 5.74) is -3.59. The summed E-state index contributed by atoms with van der Waals surface area (Å²) in [5, 5.41) is 8.91. The summed E-state index contributed by atoms with van der Waals surface area (Å²) in [7, 11) is -5.21. The Kier molecular flexibility index (Phi) is 9.15. The molecule has 2 amide bonds. The summed E-state index contributed by atoms with van der Waals surface area (Å²) in [5.74, 6) is -3.39. The molecule has 15 heteroatoms. The Morgan fingerprint density at radius 1 is 1.00 bits per heavy atom. The van der Waals surface area contributed by atoms with E-state index in [1.54, 1.807) is 0 Å². The van der Waals surface area contributed by atoms with Gasteiger partial charge in [0.05, 0.1) is 11.8 Å². The van der Waals surface area contributed by atoms with Gasteiger partial charge in [0.25, 0.3) is 11.8 Å². The van der Waals surface area contributed by atoms with Crippen molar-refractivity contribution in [3.63, 3.8) is 0 Å². The molecule has 152 valence electrons. The number of amides is 2. The number of hydrogen-bond acceptors (Lipinski definition) is 7. The van der Waals surface area contributed by atoms with Crippen molar-refractivity contribution in [3.8, 4) is 0 Å². The summed E-state index contributed by atoms with van der Waals surface area (Å²) < 4.78 is 83.7. The fourth-order valence-electron chi connectivity index (χ4n) is 2.44. The molecular weight excluding hydrogens is 415 g/mol. The molecule has 0 aromatic heterocycles. The molecule has 1 N–H and O–H groups in total. The van der Waals surface area contributed by atoms with Crippen molar-refractivity contribution in [2.45, 2.75) is 24.9 Å². The molecule has 2 aliphatic rings. The van der Waals surface area contributed by atoms with Crippen LogP contribution in [0.3, 0.4) is 0 Å². The molecule has 0 aromatic carbocycles. The molecule has 2 aliphatic heterocycles. The van der Waals surface area contributed by atoms with Gasteiger partial charge in [-0.1, -0.05) is 13.8 Å². The van der Waals surface area contributed by atoms with E-state index in [-0.39, 0.29) is 39.7 Å². The molecule has 0 aliphatic carbocycles. The van der Waals surface area contributed by atoms with Gasteiger partial charge in [0.2, 0.25) is 10.4 Å². The third-order valence-corrected chi connectivity index (χ3v) is 5.01. The number of carbonyl (C=O) groups excluding carboxylic acids is 2. The Labute approximate surface area is 174 Å². The molecule has 9 nitrogen and oxygen atoms in total. The van der Waals surface area contributed by atoms with E-state index in [0.717, 1.165) is 0 Å². The predicted molar refractivity (Wildman–Crippen MR) is 74.0 cm³/mol. The van der Waals surface area contributed by atoms with E-state index in [9.17, 15) is 40.1 Å². The van der Waals surface area contributed by atoms with Gasteiger partial charge < -0.3 is 4.55 Å². The first-order valence-electron chi connectivity index (χ1n) is 7.14. The number of β-lactam (4-membered cyclic amide) rings is 2. The fourth-order valence-corrected chi connectivity index (χ4v) is 2.85. The maximum atomic E-state index is 12.5. The van der Waals surface area contributed by atoms with E-state index in [2.05, 4.69) is 4.28 Å². The van der Waals surface area contributed by atoms with E-state index in [4.69, 9.17) is 5.21 Å². The SMILES string of the molecule is C[C@@H]1C(=O)N(O)C1(CF)CF.C[C@@H]1C(=O)N(OS(=O)(=O)[O-])C1(CF)CF.[Na+]. The number of rotatable bonds is 6. The first-order valence-corrected chi connectivity index (χ1v) is 8.48.